The summed E-state index contributed by atoms with van der Waals surface area (Å²) < 4.78 is 16.3. The van der Waals surface area contributed by atoms with E-state index >= 15 is 0 Å². The molecule has 0 saturated carbocycles. The molecule has 0 N–H and O–H groups in total. The molecule has 0 fully saturated rings. The fourth-order valence-corrected chi connectivity index (χ4v) is 3.67. The maximum absolute atomic E-state index is 12.5. The minimum Gasteiger partial charge on any atom is -0.494 e. The number of esters is 1. The molecule has 0 unspecified atom stereocenters. The Kier molecular flexibility index (Phi) is 5.85. The van der Waals surface area contributed by atoms with Crippen molar-refractivity contribution in [1.82, 2.24) is 0 Å². The molecule has 0 radical (unpaired) electrons. The van der Waals surface area contributed by atoms with Crippen LogP contribution in [-0.2, 0) is 17.6 Å². The molecule has 1 aromatic heterocycles. The summed E-state index contributed by atoms with van der Waals surface area (Å²) in [5.74, 6) is 0.156. The number of hydrogen-bond acceptors (Lipinski definition) is 6. The largest absolute Gasteiger partial charge is 0.494 e. The number of nitrogens with zero attached hydrogens (tertiary/aromatic N) is 1. The lowest BCUT2D eigenvalue weighted by Gasteiger charge is -2.07. The van der Waals surface area contributed by atoms with Gasteiger partial charge in [0.05, 0.1) is 6.61 Å². The first-order valence-electron chi connectivity index (χ1n) is 10.2. The van der Waals surface area contributed by atoms with Crippen LogP contribution in [0.5, 0.6) is 11.5 Å². The summed E-state index contributed by atoms with van der Waals surface area (Å²) in [5, 5.41) is 10.3. The van der Waals surface area contributed by atoms with Gasteiger partial charge in [0.2, 0.25) is 0 Å². The van der Waals surface area contributed by atoms with Crippen molar-refractivity contribution < 1.29 is 18.7 Å². The molecule has 1 aliphatic rings. The predicted octanol–water partition coefficient (Wildman–Crippen LogP) is 4.58. The molecular weight excluding hydrogens is 394 g/mol. The zero-order valence-electron chi connectivity index (χ0n) is 17.1. The Balaban J connectivity index is 1.54. The third kappa shape index (κ3) is 4.36. The second kappa shape index (κ2) is 8.88. The van der Waals surface area contributed by atoms with Gasteiger partial charge < -0.3 is 13.9 Å². The van der Waals surface area contributed by atoms with Crippen LogP contribution >= 0.6 is 0 Å². The number of benzene rings is 2. The topological polar surface area (TPSA) is 89.5 Å². The molecule has 3 aromatic rings. The minimum atomic E-state index is -0.781. The van der Waals surface area contributed by atoms with Crippen molar-refractivity contribution in [1.29, 1.82) is 5.26 Å². The monoisotopic (exact) mass is 415 g/mol. The van der Waals surface area contributed by atoms with Crippen LogP contribution in [-0.4, -0.2) is 12.6 Å². The van der Waals surface area contributed by atoms with Gasteiger partial charge in [-0.05, 0) is 67.2 Å². The quantitative estimate of drug-likeness (QED) is 0.192. The van der Waals surface area contributed by atoms with Crippen LogP contribution in [0.2, 0.25) is 0 Å². The molecule has 0 aliphatic heterocycles. The summed E-state index contributed by atoms with van der Waals surface area (Å²) in [5.41, 5.74) is 2.31. The Morgan fingerprint density at radius 1 is 1.13 bits per heavy atom. The second-order valence-electron chi connectivity index (χ2n) is 7.33. The van der Waals surface area contributed by atoms with E-state index in [4.69, 9.17) is 13.9 Å². The molecule has 2 aromatic carbocycles. The first-order valence-corrected chi connectivity index (χ1v) is 10.2. The van der Waals surface area contributed by atoms with Gasteiger partial charge >= 0.3 is 11.6 Å². The molecule has 6 nitrogen and oxygen atoms in total. The summed E-state index contributed by atoms with van der Waals surface area (Å²) in [6, 6.07) is 13.9. The Hall–Kier alpha value is -3.85. The fraction of sp³-hybridized carbons (Fsp3) is 0.240. The molecule has 6 heteroatoms. The van der Waals surface area contributed by atoms with Gasteiger partial charge in [-0.3, -0.25) is 0 Å². The molecule has 0 atom stereocenters. The molecule has 156 valence electrons. The number of aryl methyl sites for hydroxylation is 1. The molecular formula is C25H21NO5. The highest BCUT2D eigenvalue weighted by Crippen LogP contribution is 2.30. The molecule has 0 bridgehead atoms. The highest BCUT2D eigenvalue weighted by atomic mass is 16.5. The summed E-state index contributed by atoms with van der Waals surface area (Å²) in [7, 11) is 0. The van der Waals surface area contributed by atoms with Crippen molar-refractivity contribution in [3.05, 3.63) is 75.1 Å². The normalized spacial score (nSPS) is 13.0. The zero-order chi connectivity index (χ0) is 21.8. The third-order valence-corrected chi connectivity index (χ3v) is 5.16. The van der Waals surface area contributed by atoms with E-state index in [0.717, 1.165) is 47.9 Å². The summed E-state index contributed by atoms with van der Waals surface area (Å²) in [4.78, 5) is 24.7. The third-order valence-electron chi connectivity index (χ3n) is 5.16. The molecule has 4 rings (SSSR count). The Labute approximate surface area is 179 Å². The Morgan fingerprint density at radius 2 is 1.87 bits per heavy atom. The molecule has 1 aliphatic carbocycles. The first kappa shape index (κ1) is 20.4. The average Bonchev–Trinajstić information content (AvgIpc) is 3.27. The first-order chi connectivity index (χ1) is 15.1. The van der Waals surface area contributed by atoms with Gasteiger partial charge in [-0.25, -0.2) is 9.59 Å². The van der Waals surface area contributed by atoms with Crippen molar-refractivity contribution in [3.63, 3.8) is 0 Å². The van der Waals surface area contributed by atoms with Gasteiger partial charge in [0, 0.05) is 17.0 Å². The van der Waals surface area contributed by atoms with Gasteiger partial charge in [-0.15, -0.1) is 0 Å². The smallest absolute Gasteiger partial charge is 0.354 e. The number of nitriles is 1. The van der Waals surface area contributed by atoms with Crippen LogP contribution in [0.4, 0.5) is 0 Å². The zero-order valence-corrected chi connectivity index (χ0v) is 17.1. The maximum Gasteiger partial charge on any atom is 0.354 e. The average molecular weight is 415 g/mol. The Bertz CT molecular complexity index is 1260. The van der Waals surface area contributed by atoms with Crippen LogP contribution in [0.15, 0.2) is 57.2 Å². The fourth-order valence-electron chi connectivity index (χ4n) is 3.67. The number of ether oxygens (including phenoxy) is 2. The molecule has 0 spiro atoms. The van der Waals surface area contributed by atoms with E-state index in [0.29, 0.717) is 17.8 Å². The minimum absolute atomic E-state index is 0.141. The molecule has 1 heterocycles. The number of fused-ring (bicyclic) bond motifs is 3. The summed E-state index contributed by atoms with van der Waals surface area (Å²) in [6.07, 6.45) is 4.86. The van der Waals surface area contributed by atoms with E-state index in [2.05, 4.69) is 0 Å². The van der Waals surface area contributed by atoms with E-state index < -0.39 is 5.97 Å². The standard InChI is InChI=1S/C25H21NO5/c1-2-12-29-18-8-6-16(7-9-18)13-17(15-26)24(27)30-19-10-11-21-20-4-3-5-22(20)25(28)31-23(21)14-19/h6-11,13-14H,2-5,12H2,1H3. The number of carbonyl (C=O) groups excluding carboxylic acids is 1. The summed E-state index contributed by atoms with van der Waals surface area (Å²) >= 11 is 0. The van der Waals surface area contributed by atoms with Crippen molar-refractivity contribution in [2.75, 3.05) is 6.61 Å². The van der Waals surface area contributed by atoms with E-state index in [1.54, 1.807) is 36.4 Å². The second-order valence-corrected chi connectivity index (χ2v) is 7.33. The number of rotatable bonds is 6. The van der Waals surface area contributed by atoms with Crippen molar-refractivity contribution >= 4 is 23.0 Å². The van der Waals surface area contributed by atoms with Crippen molar-refractivity contribution in [3.8, 4) is 17.6 Å². The SMILES string of the molecule is CCCOc1ccc(C=C(C#N)C(=O)Oc2ccc3c4c(c(=O)oc3c2)CCC4)cc1. The van der Waals surface area contributed by atoms with Gasteiger partial charge in [0.25, 0.3) is 0 Å². The van der Waals surface area contributed by atoms with Crippen molar-refractivity contribution in [2.24, 2.45) is 0 Å². The van der Waals surface area contributed by atoms with Gasteiger partial charge in [-0.1, -0.05) is 19.1 Å². The molecule has 31 heavy (non-hydrogen) atoms. The van der Waals surface area contributed by atoms with E-state index in [-0.39, 0.29) is 16.9 Å². The van der Waals surface area contributed by atoms with Crippen LogP contribution < -0.4 is 15.1 Å². The highest BCUT2D eigenvalue weighted by molar-refractivity contribution is 5.99. The van der Waals surface area contributed by atoms with Crippen LogP contribution in [0, 0.1) is 11.3 Å². The van der Waals surface area contributed by atoms with E-state index in [1.807, 2.05) is 13.0 Å². The lowest BCUT2D eigenvalue weighted by molar-refractivity contribution is -0.129. The molecule has 0 amide bonds. The Morgan fingerprint density at radius 3 is 2.61 bits per heavy atom. The van der Waals surface area contributed by atoms with Gasteiger partial charge in [0.1, 0.15) is 28.7 Å². The van der Waals surface area contributed by atoms with Gasteiger partial charge in [-0.2, -0.15) is 5.26 Å². The van der Waals surface area contributed by atoms with E-state index in [1.165, 1.54) is 12.1 Å². The summed E-state index contributed by atoms with van der Waals surface area (Å²) in [6.45, 7) is 2.65. The van der Waals surface area contributed by atoms with Crippen molar-refractivity contribution in [2.45, 2.75) is 32.6 Å². The maximum atomic E-state index is 12.5. The number of carbonyl (C=O) groups is 1. The lowest BCUT2D eigenvalue weighted by atomic mass is 10.1. The van der Waals surface area contributed by atoms with Crippen LogP contribution in [0.1, 0.15) is 36.5 Å². The van der Waals surface area contributed by atoms with Crippen LogP contribution in [0.25, 0.3) is 17.0 Å². The lowest BCUT2D eigenvalue weighted by Crippen LogP contribution is -2.10. The van der Waals surface area contributed by atoms with Gasteiger partial charge in [0.15, 0.2) is 0 Å². The van der Waals surface area contributed by atoms with Crippen LogP contribution in [0.3, 0.4) is 0 Å². The van der Waals surface area contributed by atoms with E-state index in [9.17, 15) is 14.9 Å². The predicted molar refractivity (Wildman–Crippen MR) is 116 cm³/mol. The molecule has 0 saturated heterocycles. The number of hydrogen-bond donors (Lipinski definition) is 0. The highest BCUT2D eigenvalue weighted by Gasteiger charge is 2.20.